The van der Waals surface area contributed by atoms with E-state index in [0.717, 1.165) is 35.4 Å². The van der Waals surface area contributed by atoms with Crippen molar-refractivity contribution in [2.45, 2.75) is 13.0 Å². The average Bonchev–Trinajstić information content (AvgIpc) is 3.23. The number of rotatable bonds is 6. The van der Waals surface area contributed by atoms with Crippen molar-refractivity contribution in [2.75, 3.05) is 37.3 Å². The minimum atomic E-state index is -3.12. The van der Waals surface area contributed by atoms with Crippen molar-refractivity contribution in [3.8, 4) is 17.0 Å². The van der Waals surface area contributed by atoms with Crippen molar-refractivity contribution in [3.05, 3.63) is 64.3 Å². The number of ether oxygens (including phenoxy) is 1. The van der Waals surface area contributed by atoms with E-state index >= 15 is 0 Å². The highest BCUT2D eigenvalue weighted by Crippen LogP contribution is 2.42. The molecule has 3 aromatic heterocycles. The van der Waals surface area contributed by atoms with Crippen LogP contribution in [0.1, 0.15) is 18.6 Å². The number of aromatic amines is 1. The van der Waals surface area contributed by atoms with Crippen molar-refractivity contribution in [2.24, 2.45) is 5.41 Å². The Balaban J connectivity index is 1.18. The van der Waals surface area contributed by atoms with Crippen LogP contribution in [0.15, 0.2) is 42.7 Å². The molecule has 9 nitrogen and oxygen atoms in total. The lowest BCUT2D eigenvalue weighted by Crippen LogP contribution is -2.73. The zero-order chi connectivity index (χ0) is 26.8. The van der Waals surface area contributed by atoms with Gasteiger partial charge in [0.25, 0.3) is 0 Å². The Hall–Kier alpha value is -2.99. The third kappa shape index (κ3) is 4.37. The number of pyridine rings is 2. The molecule has 2 aliphatic rings. The third-order valence-electron chi connectivity index (χ3n) is 7.11. The van der Waals surface area contributed by atoms with Gasteiger partial charge in [0.1, 0.15) is 28.4 Å². The first-order valence-corrected chi connectivity index (χ1v) is 14.4. The maximum atomic E-state index is 13.9. The number of halogens is 3. The van der Waals surface area contributed by atoms with Gasteiger partial charge in [-0.15, -0.1) is 0 Å². The van der Waals surface area contributed by atoms with Gasteiger partial charge < -0.3 is 9.64 Å². The van der Waals surface area contributed by atoms with Crippen LogP contribution in [0.25, 0.3) is 22.2 Å². The SMILES string of the molecule is C[C@H](Oc1ccc2[nH]nc(-c3ccc(N4CC5(C4)CN(S(C)(=O)=O)C5)nc3)c2c1)c1c(Cl)cnc(F)c1Cl. The van der Waals surface area contributed by atoms with E-state index < -0.39 is 22.1 Å². The van der Waals surface area contributed by atoms with Crippen LogP contribution >= 0.6 is 23.2 Å². The summed E-state index contributed by atoms with van der Waals surface area (Å²) in [6.07, 6.45) is 3.61. The van der Waals surface area contributed by atoms with Gasteiger partial charge >= 0.3 is 0 Å². The van der Waals surface area contributed by atoms with E-state index in [1.54, 1.807) is 19.2 Å². The molecule has 0 radical (unpaired) electrons. The lowest BCUT2D eigenvalue weighted by molar-refractivity contribution is 0.0395. The van der Waals surface area contributed by atoms with Gasteiger partial charge in [-0.25, -0.2) is 22.7 Å². The topological polar surface area (TPSA) is 104 Å². The molecular weight excluding hydrogens is 554 g/mol. The van der Waals surface area contributed by atoms with Gasteiger partial charge in [0.15, 0.2) is 0 Å². The van der Waals surface area contributed by atoms with E-state index in [1.165, 1.54) is 16.8 Å². The highest BCUT2D eigenvalue weighted by molar-refractivity contribution is 7.88. The molecule has 4 aromatic rings. The molecular formula is C25H23Cl2FN6O3S. The number of hydrogen-bond acceptors (Lipinski definition) is 7. The second-order valence-corrected chi connectivity index (χ2v) is 12.7. The van der Waals surface area contributed by atoms with E-state index in [9.17, 15) is 12.8 Å². The summed E-state index contributed by atoms with van der Waals surface area (Å²) < 4.78 is 44.8. The predicted molar refractivity (Wildman–Crippen MR) is 144 cm³/mol. The zero-order valence-electron chi connectivity index (χ0n) is 20.5. The normalized spacial score (nSPS) is 17.9. The fraction of sp³-hybridized carbons (Fsp3) is 0.320. The minimum absolute atomic E-state index is 0.0336. The smallest absolute Gasteiger partial charge is 0.232 e. The summed E-state index contributed by atoms with van der Waals surface area (Å²) in [5.74, 6) is 0.575. The van der Waals surface area contributed by atoms with Crippen molar-refractivity contribution >= 4 is 49.9 Å². The Morgan fingerprint density at radius 2 is 1.87 bits per heavy atom. The number of benzene rings is 1. The van der Waals surface area contributed by atoms with Crippen LogP contribution in [-0.2, 0) is 10.0 Å². The highest BCUT2D eigenvalue weighted by Gasteiger charge is 2.54. The summed E-state index contributed by atoms with van der Waals surface area (Å²) in [4.78, 5) is 10.3. The van der Waals surface area contributed by atoms with Crippen LogP contribution in [0, 0.1) is 11.4 Å². The molecule has 38 heavy (non-hydrogen) atoms. The summed E-state index contributed by atoms with van der Waals surface area (Å²) in [5.41, 5.74) is 2.72. The monoisotopic (exact) mass is 576 g/mol. The molecule has 0 saturated carbocycles. The Morgan fingerprint density at radius 3 is 2.55 bits per heavy atom. The Morgan fingerprint density at radius 1 is 1.11 bits per heavy atom. The van der Waals surface area contributed by atoms with Gasteiger partial charge in [-0.1, -0.05) is 23.2 Å². The van der Waals surface area contributed by atoms with E-state index in [2.05, 4.69) is 25.1 Å². The minimum Gasteiger partial charge on any atom is -0.486 e. The first kappa shape index (κ1) is 25.3. The molecule has 0 aliphatic carbocycles. The van der Waals surface area contributed by atoms with Gasteiger partial charge in [-0.2, -0.15) is 9.49 Å². The molecule has 1 N–H and O–H groups in total. The Bertz CT molecular complexity index is 1650. The van der Waals surface area contributed by atoms with E-state index in [1.807, 2.05) is 24.3 Å². The number of hydrogen-bond donors (Lipinski definition) is 1. The van der Waals surface area contributed by atoms with Gasteiger partial charge in [-0.05, 0) is 37.3 Å². The maximum absolute atomic E-state index is 13.9. The number of H-pyrrole nitrogens is 1. The number of sulfonamides is 1. The molecule has 0 unspecified atom stereocenters. The zero-order valence-corrected chi connectivity index (χ0v) is 22.8. The van der Waals surface area contributed by atoms with E-state index in [4.69, 9.17) is 27.9 Å². The second-order valence-electron chi connectivity index (χ2n) is 9.96. The molecule has 2 saturated heterocycles. The first-order chi connectivity index (χ1) is 18.0. The second kappa shape index (κ2) is 9.04. The van der Waals surface area contributed by atoms with Crippen molar-refractivity contribution in [1.29, 1.82) is 0 Å². The standard InChI is InChI=1S/C25H23Cl2FN6O3S/c1-14(21-18(26)9-30-24(28)22(21)27)37-16-4-5-19-17(7-16)23(32-31-19)15-3-6-20(29-8-15)33-10-25(11-33)12-34(13-25)38(2,35)36/h3-9,14H,10-13H2,1-2H3,(H,31,32)/t14-/m0/s1. The van der Waals surface area contributed by atoms with Gasteiger partial charge in [0.2, 0.25) is 16.0 Å². The number of aromatic nitrogens is 4. The summed E-state index contributed by atoms with van der Waals surface area (Å²) in [6, 6.07) is 9.39. The molecule has 1 aromatic carbocycles. The molecule has 6 rings (SSSR count). The first-order valence-electron chi connectivity index (χ1n) is 11.8. The van der Waals surface area contributed by atoms with Crippen LogP contribution in [0.3, 0.4) is 0 Å². The summed E-state index contributed by atoms with van der Waals surface area (Å²) in [5, 5.41) is 8.39. The fourth-order valence-corrected chi connectivity index (χ4v) is 6.82. The molecule has 1 spiro atoms. The van der Waals surface area contributed by atoms with Gasteiger partial charge in [0.05, 0.1) is 16.8 Å². The molecule has 198 valence electrons. The van der Waals surface area contributed by atoms with Crippen LogP contribution in [0.2, 0.25) is 10.0 Å². The molecule has 2 aliphatic heterocycles. The van der Waals surface area contributed by atoms with Crippen molar-refractivity contribution < 1.29 is 17.5 Å². The average molecular weight is 577 g/mol. The number of anilines is 1. The largest absolute Gasteiger partial charge is 0.486 e. The Kier molecular flexibility index (Phi) is 6.02. The van der Waals surface area contributed by atoms with E-state index in [-0.39, 0.29) is 15.5 Å². The van der Waals surface area contributed by atoms with Crippen LogP contribution < -0.4 is 9.64 Å². The summed E-state index contributed by atoms with van der Waals surface area (Å²) >= 11 is 12.3. The van der Waals surface area contributed by atoms with Crippen LogP contribution in [0.4, 0.5) is 10.2 Å². The fourth-order valence-electron chi connectivity index (χ4n) is 5.15. The predicted octanol–water partition coefficient (Wildman–Crippen LogP) is 4.69. The molecule has 5 heterocycles. The summed E-state index contributed by atoms with van der Waals surface area (Å²) in [7, 11) is -3.12. The lowest BCUT2D eigenvalue weighted by Gasteiger charge is -2.59. The quantitative estimate of drug-likeness (QED) is 0.332. The number of nitrogens with one attached hydrogen (secondary N) is 1. The molecule has 0 bridgehead atoms. The number of fused-ring (bicyclic) bond motifs is 1. The molecule has 0 amide bonds. The van der Waals surface area contributed by atoms with Gasteiger partial charge in [-0.3, -0.25) is 5.10 Å². The van der Waals surface area contributed by atoms with Crippen molar-refractivity contribution in [3.63, 3.8) is 0 Å². The third-order valence-corrected chi connectivity index (χ3v) is 8.97. The Labute approximate surface area is 228 Å². The van der Waals surface area contributed by atoms with Crippen LogP contribution in [0.5, 0.6) is 5.75 Å². The van der Waals surface area contributed by atoms with Gasteiger partial charge in [0, 0.05) is 60.5 Å². The van der Waals surface area contributed by atoms with Crippen LogP contribution in [-0.4, -0.2) is 65.3 Å². The number of nitrogens with zero attached hydrogens (tertiary/aromatic N) is 5. The van der Waals surface area contributed by atoms with Crippen molar-refractivity contribution in [1.82, 2.24) is 24.5 Å². The highest BCUT2D eigenvalue weighted by atomic mass is 35.5. The molecule has 1 atom stereocenters. The molecule has 2 fully saturated rings. The maximum Gasteiger partial charge on any atom is 0.232 e. The van der Waals surface area contributed by atoms with E-state index in [0.29, 0.717) is 30.1 Å². The summed E-state index contributed by atoms with van der Waals surface area (Å²) in [6.45, 7) is 4.43. The molecule has 13 heteroatoms. The lowest BCUT2D eigenvalue weighted by atomic mass is 9.74.